The lowest BCUT2D eigenvalue weighted by molar-refractivity contribution is 0.0690. The third-order valence-electron chi connectivity index (χ3n) is 2.24. The van der Waals surface area contributed by atoms with E-state index in [1.165, 1.54) is 16.9 Å². The van der Waals surface area contributed by atoms with Crippen molar-refractivity contribution in [2.75, 3.05) is 0 Å². The summed E-state index contributed by atoms with van der Waals surface area (Å²) in [6.07, 6.45) is 2.10. The summed E-state index contributed by atoms with van der Waals surface area (Å²) in [5, 5.41) is 12.8. The second-order valence-corrected chi connectivity index (χ2v) is 3.44. The molecule has 0 unspecified atom stereocenters. The highest BCUT2D eigenvalue weighted by Gasteiger charge is 2.11. The minimum Gasteiger partial charge on any atom is -0.476 e. The van der Waals surface area contributed by atoms with Gasteiger partial charge in [-0.2, -0.15) is 5.10 Å². The van der Waals surface area contributed by atoms with Crippen molar-refractivity contribution in [3.63, 3.8) is 0 Å². The van der Waals surface area contributed by atoms with E-state index in [1.807, 2.05) is 0 Å². The zero-order valence-electron chi connectivity index (χ0n) is 8.99. The van der Waals surface area contributed by atoms with E-state index in [4.69, 9.17) is 5.11 Å². The number of aryl methyl sites for hydroxylation is 1. The Morgan fingerprint density at radius 3 is 2.82 bits per heavy atom. The van der Waals surface area contributed by atoms with Crippen LogP contribution in [0.15, 0.2) is 24.4 Å². The first kappa shape index (κ1) is 11.0. The van der Waals surface area contributed by atoms with Gasteiger partial charge in [0.2, 0.25) is 0 Å². The Morgan fingerprint density at radius 2 is 2.24 bits per heavy atom. The van der Waals surface area contributed by atoms with Crippen LogP contribution in [0.3, 0.4) is 0 Å². The molecule has 0 aliphatic carbocycles. The number of aromatic carboxylic acids is 1. The molecule has 2 aromatic heterocycles. The van der Waals surface area contributed by atoms with Gasteiger partial charge in [-0.3, -0.25) is 9.78 Å². The Hall–Kier alpha value is -2.50. The number of carbonyl (C=O) groups excluding carboxylic acids is 1. The van der Waals surface area contributed by atoms with Crippen molar-refractivity contribution >= 4 is 12.3 Å². The third kappa shape index (κ3) is 2.05. The average molecular weight is 231 g/mol. The molecule has 0 saturated heterocycles. The first-order valence-electron chi connectivity index (χ1n) is 4.83. The highest BCUT2D eigenvalue weighted by atomic mass is 16.4. The van der Waals surface area contributed by atoms with Crippen LogP contribution in [0.2, 0.25) is 0 Å². The number of carbonyl (C=O) groups is 2. The van der Waals surface area contributed by atoms with Crippen molar-refractivity contribution in [3.8, 4) is 5.69 Å². The molecule has 0 spiro atoms. The molecule has 0 bridgehead atoms. The fourth-order valence-corrected chi connectivity index (χ4v) is 1.47. The number of carboxylic acids is 1. The van der Waals surface area contributed by atoms with E-state index in [0.717, 1.165) is 0 Å². The molecule has 6 nitrogen and oxygen atoms in total. The van der Waals surface area contributed by atoms with Crippen molar-refractivity contribution in [2.24, 2.45) is 0 Å². The summed E-state index contributed by atoms with van der Waals surface area (Å²) in [4.78, 5) is 25.2. The van der Waals surface area contributed by atoms with E-state index in [2.05, 4.69) is 10.1 Å². The van der Waals surface area contributed by atoms with E-state index < -0.39 is 5.97 Å². The number of aldehydes is 1. The van der Waals surface area contributed by atoms with Crippen LogP contribution in [0.4, 0.5) is 0 Å². The fraction of sp³-hybridized carbons (Fsp3) is 0.0909. The first-order chi connectivity index (χ1) is 8.11. The van der Waals surface area contributed by atoms with Gasteiger partial charge in [-0.25, -0.2) is 9.48 Å². The molecular weight excluding hydrogens is 222 g/mol. The molecule has 0 radical (unpaired) electrons. The van der Waals surface area contributed by atoms with E-state index >= 15 is 0 Å². The van der Waals surface area contributed by atoms with Crippen LogP contribution >= 0.6 is 0 Å². The molecule has 6 heteroatoms. The lowest BCUT2D eigenvalue weighted by Gasteiger charge is -2.03. The van der Waals surface area contributed by atoms with Gasteiger partial charge in [-0.05, 0) is 25.1 Å². The fourth-order valence-electron chi connectivity index (χ4n) is 1.47. The standard InChI is InChI=1S/C11H9N3O3/c1-7-4-10(11(16)17)13-14(7)9-2-3-12-8(5-9)6-15/h2-6H,1H3,(H,16,17). The van der Waals surface area contributed by atoms with E-state index in [1.54, 1.807) is 19.1 Å². The van der Waals surface area contributed by atoms with Gasteiger partial charge in [0.05, 0.1) is 5.69 Å². The Labute approximate surface area is 96.5 Å². The van der Waals surface area contributed by atoms with Crippen LogP contribution in [0.1, 0.15) is 26.7 Å². The number of hydrogen-bond donors (Lipinski definition) is 1. The largest absolute Gasteiger partial charge is 0.476 e. The van der Waals surface area contributed by atoms with Gasteiger partial charge >= 0.3 is 5.97 Å². The molecule has 2 heterocycles. The van der Waals surface area contributed by atoms with Crippen LogP contribution in [-0.2, 0) is 0 Å². The summed E-state index contributed by atoms with van der Waals surface area (Å²) >= 11 is 0. The van der Waals surface area contributed by atoms with Gasteiger partial charge in [-0.15, -0.1) is 0 Å². The average Bonchev–Trinajstić information content (AvgIpc) is 2.72. The van der Waals surface area contributed by atoms with Crippen LogP contribution in [-0.4, -0.2) is 32.1 Å². The second-order valence-electron chi connectivity index (χ2n) is 3.44. The summed E-state index contributed by atoms with van der Waals surface area (Å²) in [6, 6.07) is 4.65. The smallest absolute Gasteiger partial charge is 0.356 e. The minimum absolute atomic E-state index is 0.0352. The number of aromatic nitrogens is 3. The maximum Gasteiger partial charge on any atom is 0.356 e. The molecule has 0 atom stereocenters. The lowest BCUT2D eigenvalue weighted by Crippen LogP contribution is -2.03. The molecule has 0 aliphatic heterocycles. The summed E-state index contributed by atoms with van der Waals surface area (Å²) in [5.41, 5.74) is 1.51. The molecule has 2 aromatic rings. The van der Waals surface area contributed by atoms with Gasteiger partial charge in [0.25, 0.3) is 0 Å². The summed E-state index contributed by atoms with van der Waals surface area (Å²) < 4.78 is 1.46. The molecule has 86 valence electrons. The molecular formula is C11H9N3O3. The molecule has 0 aliphatic rings. The zero-order valence-corrected chi connectivity index (χ0v) is 8.99. The van der Waals surface area contributed by atoms with E-state index in [-0.39, 0.29) is 11.4 Å². The normalized spacial score (nSPS) is 10.2. The molecule has 0 saturated carbocycles. The highest BCUT2D eigenvalue weighted by molar-refractivity contribution is 5.85. The Morgan fingerprint density at radius 1 is 1.47 bits per heavy atom. The van der Waals surface area contributed by atoms with Gasteiger partial charge in [0.1, 0.15) is 5.69 Å². The number of rotatable bonds is 3. The van der Waals surface area contributed by atoms with E-state index in [9.17, 15) is 9.59 Å². The maximum absolute atomic E-state index is 10.8. The highest BCUT2D eigenvalue weighted by Crippen LogP contribution is 2.12. The van der Waals surface area contributed by atoms with Crippen molar-refractivity contribution in [1.29, 1.82) is 0 Å². The Bertz CT molecular complexity index is 589. The monoisotopic (exact) mass is 231 g/mol. The van der Waals surface area contributed by atoms with Gasteiger partial charge < -0.3 is 5.11 Å². The second kappa shape index (κ2) is 4.17. The third-order valence-corrected chi connectivity index (χ3v) is 2.24. The van der Waals surface area contributed by atoms with Crippen LogP contribution in [0.25, 0.3) is 5.69 Å². The van der Waals surface area contributed by atoms with Gasteiger partial charge in [-0.1, -0.05) is 0 Å². The van der Waals surface area contributed by atoms with Gasteiger partial charge in [0, 0.05) is 11.9 Å². The first-order valence-corrected chi connectivity index (χ1v) is 4.83. The Balaban J connectivity index is 2.52. The Kier molecular flexibility index (Phi) is 2.70. The van der Waals surface area contributed by atoms with Crippen LogP contribution in [0.5, 0.6) is 0 Å². The van der Waals surface area contributed by atoms with Crippen molar-refractivity contribution in [3.05, 3.63) is 41.5 Å². The lowest BCUT2D eigenvalue weighted by atomic mass is 10.3. The predicted octanol–water partition coefficient (Wildman–Crippen LogP) is 1.09. The maximum atomic E-state index is 10.8. The van der Waals surface area contributed by atoms with E-state index in [0.29, 0.717) is 17.7 Å². The number of nitrogens with zero attached hydrogens (tertiary/aromatic N) is 3. The van der Waals surface area contributed by atoms with Crippen molar-refractivity contribution in [2.45, 2.75) is 6.92 Å². The van der Waals surface area contributed by atoms with Crippen LogP contribution < -0.4 is 0 Å². The number of hydrogen-bond acceptors (Lipinski definition) is 4. The SMILES string of the molecule is Cc1cc(C(=O)O)nn1-c1ccnc(C=O)c1. The molecule has 2 rings (SSSR count). The van der Waals surface area contributed by atoms with Gasteiger partial charge in [0.15, 0.2) is 12.0 Å². The number of pyridine rings is 1. The number of carboxylic acid groups (broad SMARTS) is 1. The predicted molar refractivity (Wildman–Crippen MR) is 58.4 cm³/mol. The van der Waals surface area contributed by atoms with Crippen molar-refractivity contribution in [1.82, 2.24) is 14.8 Å². The zero-order chi connectivity index (χ0) is 12.4. The molecule has 0 amide bonds. The molecule has 0 aromatic carbocycles. The quantitative estimate of drug-likeness (QED) is 0.799. The van der Waals surface area contributed by atoms with Crippen molar-refractivity contribution < 1.29 is 14.7 Å². The van der Waals surface area contributed by atoms with Crippen LogP contribution in [0, 0.1) is 6.92 Å². The summed E-state index contributed by atoms with van der Waals surface area (Å²) in [5.74, 6) is -1.09. The minimum atomic E-state index is -1.09. The summed E-state index contributed by atoms with van der Waals surface area (Å²) in [7, 11) is 0. The molecule has 1 N–H and O–H groups in total. The topological polar surface area (TPSA) is 85.1 Å². The molecule has 0 fully saturated rings. The summed E-state index contributed by atoms with van der Waals surface area (Å²) in [6.45, 7) is 1.74. The molecule has 17 heavy (non-hydrogen) atoms.